The van der Waals surface area contributed by atoms with E-state index in [2.05, 4.69) is 0 Å². The molecule has 0 spiro atoms. The van der Waals surface area contributed by atoms with E-state index < -0.39 is 0 Å². The standard InChI is InChI=1S/3C20H14O2.5C4H8O.3Li.Pr/c3*21-17-11-9-13-5-1-3-7-15(13)19(17)20-16-8-4-2-6-14(16)10-12-18(20)22;5*1-2-4-5-3-1;;;;/h3*1-12,21-22H;5*1-4H2;;;;/q;;;;;;;;3*+1;+3/p-6. The van der Waals surface area contributed by atoms with Crippen molar-refractivity contribution in [2.24, 2.45) is 0 Å². The van der Waals surface area contributed by atoms with Crippen LogP contribution in [0.2, 0.25) is 0 Å². The van der Waals surface area contributed by atoms with Gasteiger partial charge in [0.15, 0.2) is 0 Å². The molecule has 468 valence electrons. The molecule has 17 rings (SSSR count). The van der Waals surface area contributed by atoms with Crippen LogP contribution in [-0.2, 0) is 23.7 Å². The summed E-state index contributed by atoms with van der Waals surface area (Å²) in [5, 5.41) is 85.7. The van der Waals surface area contributed by atoms with Crippen molar-refractivity contribution < 1.29 is 152 Å². The van der Waals surface area contributed by atoms with Crippen LogP contribution in [0.4, 0.5) is 0 Å². The van der Waals surface area contributed by atoms with E-state index in [1.807, 2.05) is 146 Å². The molecule has 0 radical (unpaired) electrons. The van der Waals surface area contributed by atoms with Crippen molar-refractivity contribution in [2.45, 2.75) is 64.2 Å². The van der Waals surface area contributed by atoms with Gasteiger partial charge < -0.3 is 54.3 Å². The monoisotopic (exact) mass is 1370 g/mol. The first kappa shape index (κ1) is 78.0. The van der Waals surface area contributed by atoms with Crippen LogP contribution in [0.5, 0.6) is 34.5 Å². The van der Waals surface area contributed by atoms with E-state index in [9.17, 15) is 30.6 Å². The van der Waals surface area contributed by atoms with Crippen LogP contribution in [-0.4, -0.2) is 66.1 Å². The third kappa shape index (κ3) is 21.2. The minimum absolute atomic E-state index is 0. The quantitative estimate of drug-likeness (QED) is 0.178. The third-order valence-electron chi connectivity index (χ3n) is 16.2. The molecule has 0 N–H and O–H groups in total. The molecule has 0 saturated carbocycles. The van der Waals surface area contributed by atoms with Gasteiger partial charge >= 0.3 is 97.9 Å². The molecule has 5 fully saturated rings. The van der Waals surface area contributed by atoms with Crippen LogP contribution in [0, 0.1) is 41.3 Å². The largest absolute Gasteiger partial charge is 3.00 e. The molecular formula is C80H76Li3O11Pr. The van der Waals surface area contributed by atoms with Crippen LogP contribution in [0.25, 0.3) is 98.0 Å². The number of ether oxygens (including phenoxy) is 5. The molecule has 12 aromatic carbocycles. The molecular weight excluding hydrogens is 1300 g/mol. The molecule has 5 aliphatic heterocycles. The molecule has 11 nitrogen and oxygen atoms in total. The zero-order valence-electron chi connectivity index (χ0n) is 55.0. The Kier molecular flexibility index (Phi) is 33.9. The summed E-state index contributed by atoms with van der Waals surface area (Å²) in [6, 6.07) is 66.1. The topological polar surface area (TPSA) is 185 Å². The van der Waals surface area contributed by atoms with Gasteiger partial charge in [-0.05, 0) is 162 Å². The number of hydrogen-bond donors (Lipinski definition) is 0. The van der Waals surface area contributed by atoms with Gasteiger partial charge in [-0.15, -0.1) is 34.5 Å². The Labute approximate surface area is 627 Å². The van der Waals surface area contributed by atoms with Crippen LogP contribution >= 0.6 is 0 Å². The number of fused-ring (bicyclic) bond motifs is 6. The SMILES string of the molecule is C1CCOC1.C1CCOC1.C1CCOC1.C1CCOC1.C1CCOC1.[Li+].[Li+].[Li+].[O-]c1ccc2ccccc2c1-c1c([O-])ccc2ccccc12.[O-]c1ccc2ccccc2c1-c1c([O-])ccc2ccccc12.[O-]c1ccc2ccccc2c1-c1c([O-])ccc2ccccc12.[Pr+3]. The number of rotatable bonds is 3. The Morgan fingerprint density at radius 1 is 0.179 bits per heavy atom. The molecule has 5 saturated heterocycles. The molecule has 12 aromatic rings. The normalized spacial score (nSPS) is 14.0. The first-order chi connectivity index (χ1) is 44.8. The summed E-state index contributed by atoms with van der Waals surface area (Å²) >= 11 is 0. The molecule has 0 aliphatic carbocycles. The third-order valence-corrected chi connectivity index (χ3v) is 16.2. The predicted octanol–water partition coefficient (Wildman–Crippen LogP) is 6.42. The van der Waals surface area contributed by atoms with Crippen molar-refractivity contribution in [3.05, 3.63) is 218 Å². The Morgan fingerprint density at radius 2 is 0.305 bits per heavy atom. The maximum atomic E-state index is 12.5. The summed E-state index contributed by atoms with van der Waals surface area (Å²) in [5.74, 6) is -0.710. The van der Waals surface area contributed by atoms with Crippen LogP contribution in [0.15, 0.2) is 218 Å². The summed E-state index contributed by atoms with van der Waals surface area (Å²) in [4.78, 5) is 0. The van der Waals surface area contributed by atoms with Crippen molar-refractivity contribution in [1.82, 2.24) is 0 Å². The minimum Gasteiger partial charge on any atom is -0.872 e. The first-order valence-electron chi connectivity index (χ1n) is 31.8. The van der Waals surface area contributed by atoms with Crippen molar-refractivity contribution >= 4 is 64.6 Å². The number of hydrogen-bond acceptors (Lipinski definition) is 11. The van der Waals surface area contributed by atoms with E-state index in [1.54, 1.807) is 72.8 Å². The van der Waals surface area contributed by atoms with Crippen LogP contribution in [0.3, 0.4) is 0 Å². The van der Waals surface area contributed by atoms with Crippen LogP contribution < -0.4 is 87.2 Å². The average Bonchev–Trinajstić information content (AvgIpc) is 1.48. The van der Waals surface area contributed by atoms with E-state index >= 15 is 0 Å². The van der Waals surface area contributed by atoms with E-state index in [-0.39, 0.29) is 132 Å². The van der Waals surface area contributed by atoms with E-state index in [0.29, 0.717) is 33.4 Å². The predicted molar refractivity (Wildman–Crippen MR) is 358 cm³/mol. The van der Waals surface area contributed by atoms with Gasteiger partial charge in [-0.1, -0.05) is 218 Å². The second-order valence-corrected chi connectivity index (χ2v) is 22.6. The molecule has 95 heavy (non-hydrogen) atoms. The van der Waals surface area contributed by atoms with Gasteiger partial charge in [-0.25, -0.2) is 0 Å². The molecule has 0 atom stereocenters. The molecule has 0 unspecified atom stereocenters. The maximum Gasteiger partial charge on any atom is 3.00 e. The van der Waals surface area contributed by atoms with Gasteiger partial charge in [0, 0.05) is 66.1 Å². The van der Waals surface area contributed by atoms with E-state index in [0.717, 1.165) is 131 Å². The summed E-state index contributed by atoms with van der Waals surface area (Å²) in [7, 11) is 0. The fourth-order valence-electron chi connectivity index (χ4n) is 11.6. The summed E-state index contributed by atoms with van der Waals surface area (Å²) in [6.07, 6.45) is 12.8. The second-order valence-electron chi connectivity index (χ2n) is 22.6. The maximum absolute atomic E-state index is 12.5. The van der Waals surface area contributed by atoms with Crippen molar-refractivity contribution in [3.63, 3.8) is 0 Å². The van der Waals surface area contributed by atoms with Crippen LogP contribution in [0.1, 0.15) is 64.2 Å². The van der Waals surface area contributed by atoms with Gasteiger partial charge in [-0.3, -0.25) is 0 Å². The molecule has 5 aliphatic rings. The summed E-state index contributed by atoms with van der Waals surface area (Å²) < 4.78 is 24.7. The molecule has 0 bridgehead atoms. The van der Waals surface area contributed by atoms with Gasteiger partial charge in [0.25, 0.3) is 0 Å². The molecule has 15 heteroatoms. The zero-order valence-corrected chi connectivity index (χ0v) is 58.7. The molecule has 0 amide bonds. The smallest absolute Gasteiger partial charge is 0.872 e. The van der Waals surface area contributed by atoms with E-state index in [1.165, 1.54) is 64.2 Å². The Morgan fingerprint density at radius 3 is 0.421 bits per heavy atom. The Balaban J connectivity index is 0.000000186. The number of benzene rings is 12. The second kappa shape index (κ2) is 41.3. The Bertz CT molecular complexity index is 3560. The fraction of sp³-hybridized carbons (Fsp3) is 0.250. The van der Waals surface area contributed by atoms with Crippen molar-refractivity contribution in [1.29, 1.82) is 0 Å². The van der Waals surface area contributed by atoms with Crippen molar-refractivity contribution in [2.75, 3.05) is 66.1 Å². The zero-order chi connectivity index (χ0) is 63.0. The van der Waals surface area contributed by atoms with E-state index in [4.69, 9.17) is 23.7 Å². The average molecular weight is 1380 g/mol. The van der Waals surface area contributed by atoms with Gasteiger partial charge in [0.2, 0.25) is 0 Å². The first-order valence-corrected chi connectivity index (χ1v) is 31.8. The minimum atomic E-state index is -0.118. The summed E-state index contributed by atoms with van der Waals surface area (Å²) in [6.45, 7) is 10.0. The molecule has 5 heterocycles. The van der Waals surface area contributed by atoms with Gasteiger partial charge in [0.1, 0.15) is 0 Å². The summed E-state index contributed by atoms with van der Waals surface area (Å²) in [5.41, 5.74) is 3.00. The van der Waals surface area contributed by atoms with Crippen molar-refractivity contribution in [3.8, 4) is 67.9 Å². The fourth-order valence-corrected chi connectivity index (χ4v) is 11.6. The Hall–Kier alpha value is -6.04. The van der Waals surface area contributed by atoms with Gasteiger partial charge in [-0.2, -0.15) is 0 Å². The molecule has 0 aromatic heterocycles. The van der Waals surface area contributed by atoms with Gasteiger partial charge in [0.05, 0.1) is 0 Å².